The fraction of sp³-hybridized carbons (Fsp3) is 0.933. The van der Waals surface area contributed by atoms with Crippen LogP contribution in [0.1, 0.15) is 60.3 Å². The first-order valence-electron chi connectivity index (χ1n) is 7.15. The Bertz CT molecular complexity index is 287. The van der Waals surface area contributed by atoms with Gasteiger partial charge in [-0.1, -0.05) is 34.6 Å². The van der Waals surface area contributed by atoms with E-state index in [2.05, 4.69) is 19.2 Å². The minimum absolute atomic E-state index is 0. The number of rotatable bonds is 3. The molecule has 1 atom stereocenters. The van der Waals surface area contributed by atoms with Crippen molar-refractivity contribution in [3.63, 3.8) is 0 Å². The van der Waals surface area contributed by atoms with Crippen molar-refractivity contribution < 1.29 is 4.79 Å². The summed E-state index contributed by atoms with van der Waals surface area (Å²) in [5.74, 6) is 0.626. The van der Waals surface area contributed by atoms with Crippen LogP contribution in [0.3, 0.4) is 0 Å². The van der Waals surface area contributed by atoms with Gasteiger partial charge >= 0.3 is 0 Å². The fourth-order valence-corrected chi connectivity index (χ4v) is 2.41. The third-order valence-corrected chi connectivity index (χ3v) is 4.24. The molecule has 0 spiro atoms. The smallest absolute Gasteiger partial charge is 0.237 e. The van der Waals surface area contributed by atoms with Gasteiger partial charge in [-0.3, -0.25) is 4.79 Å². The zero-order valence-electron chi connectivity index (χ0n) is 13.1. The normalized spacial score (nSPS) is 21.4. The zero-order valence-corrected chi connectivity index (χ0v) is 13.9. The summed E-state index contributed by atoms with van der Waals surface area (Å²) in [5.41, 5.74) is 6.26. The van der Waals surface area contributed by atoms with E-state index in [9.17, 15) is 4.79 Å². The van der Waals surface area contributed by atoms with Gasteiger partial charge in [-0.05, 0) is 42.4 Å². The molecule has 0 unspecified atom stereocenters. The van der Waals surface area contributed by atoms with Gasteiger partial charge in [0.2, 0.25) is 5.91 Å². The van der Waals surface area contributed by atoms with Gasteiger partial charge in [0.15, 0.2) is 0 Å². The summed E-state index contributed by atoms with van der Waals surface area (Å²) in [5, 5.41) is 3.02. The van der Waals surface area contributed by atoms with Gasteiger partial charge in [0.05, 0.1) is 6.04 Å². The Morgan fingerprint density at radius 2 is 1.79 bits per heavy atom. The van der Waals surface area contributed by atoms with E-state index in [0.29, 0.717) is 11.3 Å². The van der Waals surface area contributed by atoms with E-state index in [0.717, 1.165) is 6.54 Å². The topological polar surface area (TPSA) is 55.1 Å². The number of carbonyl (C=O) groups excluding carboxylic acids is 1. The quantitative estimate of drug-likeness (QED) is 0.839. The molecule has 1 fully saturated rings. The first-order chi connectivity index (χ1) is 8.12. The lowest BCUT2D eigenvalue weighted by Crippen LogP contribution is -2.49. The molecule has 0 aliphatic heterocycles. The van der Waals surface area contributed by atoms with Crippen molar-refractivity contribution in [1.29, 1.82) is 0 Å². The standard InChI is InChI=1S/C15H30N2O.ClH/c1-14(2,3)12(16)13(18)17-10-11-6-8-15(4,5)9-7-11;/h11-12H,6-10,16H2,1-5H3,(H,17,18);1H/t12-;/m1./s1. The molecule has 0 radical (unpaired) electrons. The molecular formula is C15H31ClN2O. The Labute approximate surface area is 124 Å². The molecule has 1 rings (SSSR count). The molecule has 1 amide bonds. The van der Waals surface area contributed by atoms with Crippen LogP contribution in [0.15, 0.2) is 0 Å². The van der Waals surface area contributed by atoms with Crippen molar-refractivity contribution in [1.82, 2.24) is 5.32 Å². The van der Waals surface area contributed by atoms with Crippen LogP contribution < -0.4 is 11.1 Å². The maximum Gasteiger partial charge on any atom is 0.237 e. The van der Waals surface area contributed by atoms with Crippen LogP contribution >= 0.6 is 12.4 Å². The molecule has 0 bridgehead atoms. The average molecular weight is 291 g/mol. The second-order valence-corrected chi connectivity index (χ2v) is 7.70. The Balaban J connectivity index is 0.00000324. The molecule has 0 heterocycles. The summed E-state index contributed by atoms with van der Waals surface area (Å²) >= 11 is 0. The Morgan fingerprint density at radius 1 is 1.32 bits per heavy atom. The van der Waals surface area contributed by atoms with Crippen molar-refractivity contribution in [2.75, 3.05) is 6.54 Å². The second-order valence-electron chi connectivity index (χ2n) is 7.70. The average Bonchev–Trinajstić information content (AvgIpc) is 2.25. The highest BCUT2D eigenvalue weighted by Crippen LogP contribution is 2.37. The summed E-state index contributed by atoms with van der Waals surface area (Å²) in [7, 11) is 0. The second kappa shape index (κ2) is 6.94. The van der Waals surface area contributed by atoms with Gasteiger partial charge in [0.1, 0.15) is 0 Å². The number of halogens is 1. The maximum absolute atomic E-state index is 11.9. The number of hydrogen-bond acceptors (Lipinski definition) is 2. The summed E-state index contributed by atoms with van der Waals surface area (Å²) in [4.78, 5) is 11.9. The lowest BCUT2D eigenvalue weighted by Gasteiger charge is -2.34. The number of carbonyl (C=O) groups is 1. The molecule has 4 heteroatoms. The SMILES string of the molecule is CC1(C)CCC(CNC(=O)[C@@H](N)C(C)(C)C)CC1.Cl. The van der Waals surface area contributed by atoms with Crippen LogP contribution in [0.2, 0.25) is 0 Å². The molecule has 19 heavy (non-hydrogen) atoms. The zero-order chi connectivity index (χ0) is 14.0. The van der Waals surface area contributed by atoms with E-state index in [-0.39, 0.29) is 23.7 Å². The third-order valence-electron chi connectivity index (χ3n) is 4.24. The van der Waals surface area contributed by atoms with Gasteiger partial charge in [-0.25, -0.2) is 0 Å². The number of nitrogens with one attached hydrogen (secondary N) is 1. The van der Waals surface area contributed by atoms with E-state index < -0.39 is 6.04 Å². The van der Waals surface area contributed by atoms with E-state index in [1.54, 1.807) is 0 Å². The minimum Gasteiger partial charge on any atom is -0.354 e. The molecule has 0 saturated heterocycles. The van der Waals surface area contributed by atoms with Crippen LogP contribution in [-0.4, -0.2) is 18.5 Å². The molecule has 3 nitrogen and oxygen atoms in total. The van der Waals surface area contributed by atoms with Crippen LogP contribution in [0.25, 0.3) is 0 Å². The number of amides is 1. The Morgan fingerprint density at radius 3 is 2.21 bits per heavy atom. The number of nitrogens with two attached hydrogens (primary N) is 1. The van der Waals surface area contributed by atoms with Gasteiger partial charge < -0.3 is 11.1 Å². The van der Waals surface area contributed by atoms with Crippen molar-refractivity contribution in [3.05, 3.63) is 0 Å². The van der Waals surface area contributed by atoms with Crippen LogP contribution in [0, 0.1) is 16.7 Å². The van der Waals surface area contributed by atoms with Crippen LogP contribution in [-0.2, 0) is 4.79 Å². The van der Waals surface area contributed by atoms with E-state index in [4.69, 9.17) is 5.73 Å². The Hall–Kier alpha value is -0.280. The van der Waals surface area contributed by atoms with Crippen molar-refractivity contribution in [3.8, 4) is 0 Å². The molecule has 0 aromatic carbocycles. The van der Waals surface area contributed by atoms with Gasteiger partial charge in [0.25, 0.3) is 0 Å². The minimum atomic E-state index is -0.419. The largest absolute Gasteiger partial charge is 0.354 e. The molecule has 3 N–H and O–H groups in total. The monoisotopic (exact) mass is 290 g/mol. The summed E-state index contributed by atoms with van der Waals surface area (Å²) in [6, 6.07) is -0.419. The highest BCUT2D eigenvalue weighted by Gasteiger charge is 2.29. The van der Waals surface area contributed by atoms with Gasteiger partial charge in [0, 0.05) is 6.54 Å². The number of hydrogen-bond donors (Lipinski definition) is 2. The molecule has 0 aromatic rings. The lowest BCUT2D eigenvalue weighted by molar-refractivity contribution is -0.124. The fourth-order valence-electron chi connectivity index (χ4n) is 2.41. The first-order valence-corrected chi connectivity index (χ1v) is 7.15. The summed E-state index contributed by atoms with van der Waals surface area (Å²) in [6.45, 7) is 11.5. The van der Waals surface area contributed by atoms with E-state index in [1.807, 2.05) is 20.8 Å². The van der Waals surface area contributed by atoms with Crippen LogP contribution in [0.5, 0.6) is 0 Å². The molecule has 0 aromatic heterocycles. The van der Waals surface area contributed by atoms with Crippen molar-refractivity contribution >= 4 is 18.3 Å². The summed E-state index contributed by atoms with van der Waals surface area (Å²) in [6.07, 6.45) is 4.97. The molecule has 1 saturated carbocycles. The predicted octanol–water partition coefficient (Wildman–Crippen LogP) is 3.11. The molecule has 1 aliphatic rings. The van der Waals surface area contributed by atoms with E-state index in [1.165, 1.54) is 25.7 Å². The van der Waals surface area contributed by atoms with Crippen LogP contribution in [0.4, 0.5) is 0 Å². The predicted molar refractivity (Wildman–Crippen MR) is 83.4 cm³/mol. The first kappa shape index (κ1) is 18.7. The molecule has 1 aliphatic carbocycles. The maximum atomic E-state index is 11.9. The highest BCUT2D eigenvalue weighted by molar-refractivity contribution is 5.85. The Kier molecular flexibility index (Phi) is 6.84. The lowest BCUT2D eigenvalue weighted by atomic mass is 9.73. The summed E-state index contributed by atoms with van der Waals surface area (Å²) < 4.78 is 0. The van der Waals surface area contributed by atoms with Gasteiger partial charge in [-0.15, -0.1) is 12.4 Å². The van der Waals surface area contributed by atoms with Gasteiger partial charge in [-0.2, -0.15) is 0 Å². The van der Waals surface area contributed by atoms with Crippen molar-refractivity contribution in [2.45, 2.75) is 66.3 Å². The molecular weight excluding hydrogens is 260 g/mol. The third kappa shape index (κ3) is 6.13. The highest BCUT2D eigenvalue weighted by atomic mass is 35.5. The van der Waals surface area contributed by atoms with Crippen molar-refractivity contribution in [2.24, 2.45) is 22.5 Å². The molecule has 114 valence electrons. The van der Waals surface area contributed by atoms with E-state index >= 15 is 0 Å².